The Balaban J connectivity index is 0. The maximum absolute atomic E-state index is 0. The van der Waals surface area contributed by atoms with Gasteiger partial charge in [0.2, 0.25) is 0 Å². The van der Waals surface area contributed by atoms with Crippen LogP contribution in [0.25, 0.3) is 0 Å². The third kappa shape index (κ3) is 11.4. The van der Waals surface area contributed by atoms with Crippen LogP contribution in [-0.4, -0.2) is 8.41 Å². The van der Waals surface area contributed by atoms with E-state index in [1.807, 2.05) is 0 Å². The monoisotopic (exact) mass is 140 g/mol. The molecule has 0 fully saturated rings. The Kier molecular flexibility index (Phi) is 588. The van der Waals surface area contributed by atoms with Gasteiger partial charge in [-0.1, -0.05) is 7.43 Å². The van der Waals surface area contributed by atoms with E-state index >= 15 is 0 Å². The molecule has 0 spiro atoms. The topological polar surface area (TPSA) is 0 Å². The molecular weight excluding hydrogens is 134 g/mol. The van der Waals surface area contributed by atoms with Crippen molar-refractivity contribution in [3.05, 3.63) is 0 Å². The predicted octanol–water partition coefficient (Wildman–Crippen LogP) is -0.553. The molecule has 0 saturated carbocycles. The second-order valence-electron chi connectivity index (χ2n) is 0. The molecule has 0 aliphatic rings. The Hall–Kier alpha value is 1.09. The molecule has 0 nitrogen and oxygen atoms in total. The smallest absolute Gasteiger partial charge is 0.0776 e. The van der Waals surface area contributed by atoms with Gasteiger partial charge in [-0.05, 0) is 0 Å². The summed E-state index contributed by atoms with van der Waals surface area (Å²) in [5.41, 5.74) is 0. The van der Waals surface area contributed by atoms with E-state index in [4.69, 9.17) is 0 Å². The first-order valence-corrected chi connectivity index (χ1v) is 0. The van der Waals surface area contributed by atoms with Crippen molar-refractivity contribution in [2.45, 2.75) is 7.43 Å². The molecule has 0 rings (SSSR count). The van der Waals surface area contributed by atoms with Crippen LogP contribution < -0.4 is 0 Å². The van der Waals surface area contributed by atoms with Crippen molar-refractivity contribution in [3.63, 3.8) is 0 Å². The van der Waals surface area contributed by atoms with Crippen molar-refractivity contribution in [3.8, 4) is 0 Å². The van der Waals surface area contributed by atoms with Gasteiger partial charge in [-0.25, -0.2) is 0 Å². The first-order chi connectivity index (χ1) is 0. The molecular formula is CH7BCrNi. The van der Waals surface area contributed by atoms with Crippen LogP contribution >= 0.6 is 0 Å². The van der Waals surface area contributed by atoms with Crippen molar-refractivity contribution >= 4 is 8.41 Å². The average Bonchev–Trinajstić information content (AvgIpc) is 0. The molecule has 0 bridgehead atoms. The standard InChI is InChI=1S/CH4.BH3.Cr.Ni/h1H4;1H3;;. The van der Waals surface area contributed by atoms with Crippen molar-refractivity contribution < 1.29 is 33.9 Å². The molecule has 0 heterocycles. The van der Waals surface area contributed by atoms with E-state index in [0.717, 1.165) is 0 Å². The van der Waals surface area contributed by atoms with Crippen molar-refractivity contribution in [1.29, 1.82) is 0 Å². The van der Waals surface area contributed by atoms with Crippen LogP contribution in [0.1, 0.15) is 7.43 Å². The molecule has 0 aromatic rings. The Morgan fingerprint density at radius 3 is 1.00 bits per heavy atom. The van der Waals surface area contributed by atoms with Crippen LogP contribution in [0.2, 0.25) is 0 Å². The number of hydrogen-bond donors (Lipinski definition) is 0. The Labute approximate surface area is 50.0 Å². The largest absolute Gasteiger partial charge is 0.0814 e. The van der Waals surface area contributed by atoms with Crippen LogP contribution in [0, 0.1) is 0 Å². The third-order valence-electron chi connectivity index (χ3n) is 0. The third-order valence-corrected chi connectivity index (χ3v) is 0. The van der Waals surface area contributed by atoms with Crippen LogP contribution in [0.4, 0.5) is 0 Å². The minimum Gasteiger partial charge on any atom is -0.0776 e. The molecule has 3 heteroatoms. The van der Waals surface area contributed by atoms with Crippen molar-refractivity contribution in [2.75, 3.05) is 0 Å². The van der Waals surface area contributed by atoms with E-state index in [2.05, 4.69) is 0 Å². The molecule has 0 aromatic carbocycles. The molecule has 0 aliphatic heterocycles. The molecule has 4 heavy (non-hydrogen) atoms. The van der Waals surface area contributed by atoms with Crippen LogP contribution in [0.15, 0.2) is 0 Å². The summed E-state index contributed by atoms with van der Waals surface area (Å²) in [7, 11) is 0. The number of rotatable bonds is 0. The van der Waals surface area contributed by atoms with E-state index in [1.165, 1.54) is 0 Å². The van der Waals surface area contributed by atoms with Crippen molar-refractivity contribution in [1.82, 2.24) is 0 Å². The van der Waals surface area contributed by atoms with Gasteiger partial charge in [0, 0.05) is 33.9 Å². The fourth-order valence-electron chi connectivity index (χ4n) is 0. The van der Waals surface area contributed by atoms with E-state index < -0.39 is 0 Å². The van der Waals surface area contributed by atoms with Gasteiger partial charge in [0.1, 0.15) is 0 Å². The first kappa shape index (κ1) is 71.6. The normalized spacial score (nSPS) is 0. The maximum atomic E-state index is 0. The van der Waals surface area contributed by atoms with Gasteiger partial charge >= 0.3 is 0 Å². The van der Waals surface area contributed by atoms with E-state index in [0.29, 0.717) is 0 Å². The van der Waals surface area contributed by atoms with Crippen LogP contribution in [-0.2, 0) is 33.9 Å². The number of hydrogen-bond acceptors (Lipinski definition) is 0. The molecule has 0 saturated heterocycles. The molecule has 0 aliphatic carbocycles. The van der Waals surface area contributed by atoms with Crippen molar-refractivity contribution in [2.24, 2.45) is 0 Å². The summed E-state index contributed by atoms with van der Waals surface area (Å²) < 4.78 is 0. The zero-order valence-corrected chi connectivity index (χ0v) is 2.99. The first-order valence-electron chi connectivity index (χ1n) is 0. The molecule has 0 unspecified atom stereocenters. The minimum absolute atomic E-state index is 0. The molecule has 0 aromatic heterocycles. The second-order valence-corrected chi connectivity index (χ2v) is 0. The Morgan fingerprint density at radius 2 is 1.00 bits per heavy atom. The summed E-state index contributed by atoms with van der Waals surface area (Å²) in [6.07, 6.45) is 0. The summed E-state index contributed by atoms with van der Waals surface area (Å²) in [6, 6.07) is 0. The molecule has 0 atom stereocenters. The Bertz CT molecular complexity index is 8.00. The quantitative estimate of drug-likeness (QED) is 0.396. The minimum atomic E-state index is 0. The Morgan fingerprint density at radius 1 is 1.00 bits per heavy atom. The fourth-order valence-corrected chi connectivity index (χ4v) is 0. The SMILES string of the molecule is B.C.[Cr].[Ni]. The van der Waals surface area contributed by atoms with E-state index in [9.17, 15) is 0 Å². The summed E-state index contributed by atoms with van der Waals surface area (Å²) in [4.78, 5) is 0. The summed E-state index contributed by atoms with van der Waals surface area (Å²) in [5.74, 6) is 0. The van der Waals surface area contributed by atoms with Gasteiger partial charge in [-0.3, -0.25) is 0 Å². The maximum Gasteiger partial charge on any atom is 0.0814 e. The predicted molar refractivity (Wildman–Crippen MR) is 16.7 cm³/mol. The summed E-state index contributed by atoms with van der Waals surface area (Å²) >= 11 is 0. The van der Waals surface area contributed by atoms with Gasteiger partial charge < -0.3 is 0 Å². The molecule has 0 radical (unpaired) electrons. The molecule has 0 N–H and O–H groups in total. The summed E-state index contributed by atoms with van der Waals surface area (Å²) in [5, 5.41) is 0. The zero-order chi connectivity index (χ0) is 0. The van der Waals surface area contributed by atoms with Gasteiger partial charge in [0.25, 0.3) is 0 Å². The molecule has 30 valence electrons. The fraction of sp³-hybridized carbons (Fsp3) is 1.00. The molecule has 0 amide bonds. The summed E-state index contributed by atoms with van der Waals surface area (Å²) in [6.45, 7) is 0. The van der Waals surface area contributed by atoms with Crippen LogP contribution in [0.3, 0.4) is 0 Å². The van der Waals surface area contributed by atoms with E-state index in [-0.39, 0.29) is 49.7 Å². The average molecular weight is 141 g/mol. The zero-order valence-electron chi connectivity index (χ0n) is 0.724. The van der Waals surface area contributed by atoms with Gasteiger partial charge in [-0.15, -0.1) is 0 Å². The van der Waals surface area contributed by atoms with E-state index in [1.54, 1.807) is 0 Å². The second kappa shape index (κ2) is 32.8. The van der Waals surface area contributed by atoms with Gasteiger partial charge in [0.05, 0.1) is 8.41 Å². The van der Waals surface area contributed by atoms with Crippen LogP contribution in [0.5, 0.6) is 0 Å². The van der Waals surface area contributed by atoms with Gasteiger partial charge in [-0.2, -0.15) is 0 Å². The van der Waals surface area contributed by atoms with Gasteiger partial charge in [0.15, 0.2) is 0 Å².